The van der Waals surface area contributed by atoms with E-state index in [1.54, 1.807) is 0 Å². The molecule has 2 nitrogen and oxygen atoms in total. The van der Waals surface area contributed by atoms with Crippen molar-refractivity contribution in [1.29, 1.82) is 0 Å². The smallest absolute Gasteiger partial charge is 0.0345 e. The molecule has 1 aliphatic rings. The quantitative estimate of drug-likeness (QED) is 0.561. The molecule has 0 aliphatic carbocycles. The minimum Gasteiger partial charge on any atom is -0.325 e. The molecule has 0 saturated carbocycles. The topological polar surface area (TPSA) is 38.0 Å². The molecule has 9 heavy (non-hydrogen) atoms. The fraction of sp³-hybridized carbons (Fsp3) is 1.00. The van der Waals surface area contributed by atoms with Gasteiger partial charge in [-0.2, -0.15) is 0 Å². The van der Waals surface area contributed by atoms with Gasteiger partial charge in [-0.25, -0.2) is 0 Å². The Kier molecular flexibility index (Phi) is 4.90. The first kappa shape index (κ1) is 12.2. The molecule has 3 N–H and O–H groups in total. The predicted octanol–water partition coefficient (Wildman–Crippen LogP) is 0.539. The second kappa shape index (κ2) is 3.62. The second-order valence-electron chi connectivity index (χ2n) is 2.71. The predicted molar refractivity (Wildman–Crippen MR) is 44.6 cm³/mol. The van der Waals surface area contributed by atoms with Crippen LogP contribution in [0.3, 0.4) is 0 Å². The number of rotatable bonds is 0. The number of hydrogen-bond acceptors (Lipinski definition) is 2. The lowest BCUT2D eigenvalue weighted by Crippen LogP contribution is -2.69. The van der Waals surface area contributed by atoms with Crippen molar-refractivity contribution in [2.45, 2.75) is 25.4 Å². The van der Waals surface area contributed by atoms with Crippen molar-refractivity contribution >= 4 is 24.8 Å². The second-order valence-corrected chi connectivity index (χ2v) is 2.71. The lowest BCUT2D eigenvalue weighted by atomic mass is 9.87. The van der Waals surface area contributed by atoms with Crippen LogP contribution in [0.4, 0.5) is 0 Å². The molecular formula is C5H14Cl2N2. The van der Waals surface area contributed by atoms with Gasteiger partial charge in [-0.3, -0.25) is 0 Å². The maximum absolute atomic E-state index is 5.59. The highest BCUT2D eigenvalue weighted by molar-refractivity contribution is 5.85. The van der Waals surface area contributed by atoms with Crippen molar-refractivity contribution < 1.29 is 0 Å². The first-order chi connectivity index (χ1) is 3.13. The highest BCUT2D eigenvalue weighted by Gasteiger charge is 2.34. The van der Waals surface area contributed by atoms with Crippen LogP contribution >= 0.6 is 24.8 Å². The summed E-state index contributed by atoms with van der Waals surface area (Å²) in [6.45, 7) is 5.20. The van der Waals surface area contributed by atoms with Crippen LogP contribution < -0.4 is 11.1 Å². The summed E-state index contributed by atoms with van der Waals surface area (Å²) in [5.41, 5.74) is 5.80. The molecule has 0 radical (unpaired) electrons. The largest absolute Gasteiger partial charge is 0.325 e. The van der Waals surface area contributed by atoms with Gasteiger partial charge in [-0.15, -0.1) is 24.8 Å². The Morgan fingerprint density at radius 1 is 1.44 bits per heavy atom. The van der Waals surface area contributed by atoms with Gasteiger partial charge < -0.3 is 11.1 Å². The Morgan fingerprint density at radius 2 is 1.78 bits per heavy atom. The van der Waals surface area contributed by atoms with Gasteiger partial charge in [0.1, 0.15) is 0 Å². The minimum absolute atomic E-state index is 0. The lowest BCUT2D eigenvalue weighted by molar-refractivity contribution is 0.211. The molecule has 0 bridgehead atoms. The van der Waals surface area contributed by atoms with Crippen molar-refractivity contribution in [3.63, 3.8) is 0 Å². The van der Waals surface area contributed by atoms with E-state index in [9.17, 15) is 0 Å². The molecule has 1 rings (SSSR count). The van der Waals surface area contributed by atoms with E-state index in [1.807, 2.05) is 0 Å². The summed E-state index contributed by atoms with van der Waals surface area (Å²) in [6.07, 6.45) is 0. The SMILES string of the molecule is CC1(C)NCC1N.Cl.Cl. The van der Waals surface area contributed by atoms with Gasteiger partial charge in [-0.1, -0.05) is 0 Å². The average molecular weight is 173 g/mol. The molecule has 1 atom stereocenters. The van der Waals surface area contributed by atoms with Gasteiger partial charge in [0.2, 0.25) is 0 Å². The van der Waals surface area contributed by atoms with Crippen LogP contribution in [0.25, 0.3) is 0 Å². The molecule has 0 aromatic carbocycles. The molecule has 58 valence electrons. The number of nitrogens with one attached hydrogen (secondary N) is 1. The van der Waals surface area contributed by atoms with Crippen LogP contribution in [-0.2, 0) is 0 Å². The Balaban J connectivity index is 0. The molecule has 4 heteroatoms. The Hall–Kier alpha value is 0.500. The number of hydrogen-bond donors (Lipinski definition) is 2. The third kappa shape index (κ3) is 2.30. The zero-order valence-corrected chi connectivity index (χ0v) is 7.31. The van der Waals surface area contributed by atoms with Gasteiger partial charge in [0.05, 0.1) is 0 Å². The summed E-state index contributed by atoms with van der Waals surface area (Å²) in [5, 5.41) is 3.21. The summed E-state index contributed by atoms with van der Waals surface area (Å²) in [7, 11) is 0. The van der Waals surface area contributed by atoms with Gasteiger partial charge in [0.25, 0.3) is 0 Å². The molecule has 1 saturated heterocycles. The van der Waals surface area contributed by atoms with Crippen molar-refractivity contribution in [1.82, 2.24) is 5.32 Å². The monoisotopic (exact) mass is 172 g/mol. The lowest BCUT2D eigenvalue weighted by Gasteiger charge is -2.43. The maximum atomic E-state index is 5.59. The average Bonchev–Trinajstić information content (AvgIpc) is 1.63. The van der Waals surface area contributed by atoms with E-state index < -0.39 is 0 Å². The number of nitrogens with two attached hydrogens (primary N) is 1. The normalized spacial score (nSPS) is 29.0. The van der Waals surface area contributed by atoms with E-state index >= 15 is 0 Å². The molecular weight excluding hydrogens is 159 g/mol. The molecule has 0 amide bonds. The van der Waals surface area contributed by atoms with E-state index in [2.05, 4.69) is 19.2 Å². The molecule has 1 heterocycles. The first-order valence-electron chi connectivity index (χ1n) is 2.63. The zero-order valence-electron chi connectivity index (χ0n) is 5.68. The molecule has 0 aromatic rings. The Labute approximate surface area is 68.4 Å². The summed E-state index contributed by atoms with van der Waals surface area (Å²) >= 11 is 0. The van der Waals surface area contributed by atoms with E-state index in [0.717, 1.165) is 6.54 Å². The van der Waals surface area contributed by atoms with E-state index in [0.29, 0.717) is 6.04 Å². The van der Waals surface area contributed by atoms with Crippen LogP contribution in [-0.4, -0.2) is 18.1 Å². The van der Waals surface area contributed by atoms with Crippen molar-refractivity contribution in [3.05, 3.63) is 0 Å². The summed E-state index contributed by atoms with van der Waals surface area (Å²) < 4.78 is 0. The van der Waals surface area contributed by atoms with Crippen LogP contribution in [0.2, 0.25) is 0 Å². The van der Waals surface area contributed by atoms with Crippen molar-refractivity contribution in [3.8, 4) is 0 Å². The van der Waals surface area contributed by atoms with Crippen molar-refractivity contribution in [2.75, 3.05) is 6.54 Å². The van der Waals surface area contributed by atoms with Crippen molar-refractivity contribution in [2.24, 2.45) is 5.73 Å². The molecule has 1 fully saturated rings. The van der Waals surface area contributed by atoms with E-state index in [1.165, 1.54) is 0 Å². The zero-order chi connectivity index (χ0) is 5.49. The first-order valence-corrected chi connectivity index (χ1v) is 2.63. The molecule has 0 spiro atoms. The van der Waals surface area contributed by atoms with E-state index in [4.69, 9.17) is 5.73 Å². The van der Waals surface area contributed by atoms with Crippen LogP contribution in [0.5, 0.6) is 0 Å². The Bertz CT molecular complexity index is 85.0. The third-order valence-electron chi connectivity index (χ3n) is 1.70. The maximum Gasteiger partial charge on any atom is 0.0345 e. The van der Waals surface area contributed by atoms with Gasteiger partial charge in [0, 0.05) is 18.1 Å². The molecule has 1 unspecified atom stereocenters. The standard InChI is InChI=1S/C5H12N2.2ClH/c1-5(2)4(6)3-7-5;;/h4,7H,3,6H2,1-2H3;2*1H. The van der Waals surface area contributed by atoms with Gasteiger partial charge in [0.15, 0.2) is 0 Å². The van der Waals surface area contributed by atoms with Crippen LogP contribution in [0.15, 0.2) is 0 Å². The fourth-order valence-electron chi connectivity index (χ4n) is 0.628. The van der Waals surface area contributed by atoms with Gasteiger partial charge in [-0.05, 0) is 13.8 Å². The van der Waals surface area contributed by atoms with E-state index in [-0.39, 0.29) is 30.4 Å². The fourth-order valence-corrected chi connectivity index (χ4v) is 0.628. The van der Waals surface area contributed by atoms with Crippen LogP contribution in [0.1, 0.15) is 13.8 Å². The minimum atomic E-state index is 0. The number of halogens is 2. The highest BCUT2D eigenvalue weighted by atomic mass is 35.5. The molecule has 0 aromatic heterocycles. The Morgan fingerprint density at radius 3 is 1.78 bits per heavy atom. The molecule has 1 aliphatic heterocycles. The summed E-state index contributed by atoms with van der Waals surface area (Å²) in [6, 6.07) is 0.368. The third-order valence-corrected chi connectivity index (χ3v) is 1.70. The van der Waals surface area contributed by atoms with Gasteiger partial charge >= 0.3 is 0 Å². The highest BCUT2D eigenvalue weighted by Crippen LogP contribution is 2.13. The summed E-state index contributed by atoms with van der Waals surface area (Å²) in [5.74, 6) is 0. The summed E-state index contributed by atoms with van der Waals surface area (Å²) in [4.78, 5) is 0. The van der Waals surface area contributed by atoms with Crippen LogP contribution in [0, 0.1) is 0 Å².